The molecule has 1 amide bonds. The van der Waals surface area contributed by atoms with Gasteiger partial charge < -0.3 is 10.1 Å². The summed E-state index contributed by atoms with van der Waals surface area (Å²) in [5.41, 5.74) is 0.739. The molecule has 0 bridgehead atoms. The first-order valence-corrected chi connectivity index (χ1v) is 7.35. The van der Waals surface area contributed by atoms with E-state index in [-0.39, 0.29) is 18.0 Å². The number of hydrogen-bond acceptors (Lipinski definition) is 3. The van der Waals surface area contributed by atoms with Gasteiger partial charge in [0.15, 0.2) is 12.4 Å². The van der Waals surface area contributed by atoms with Crippen molar-refractivity contribution in [1.29, 1.82) is 0 Å². The number of Topliss-reactive ketones (excluding diaryl/α,β-unsaturated/α-hetero) is 1. The molecule has 0 aliphatic carbocycles. The lowest BCUT2D eigenvalue weighted by atomic mass is 10.1. The third-order valence-corrected chi connectivity index (χ3v) is 3.44. The van der Waals surface area contributed by atoms with E-state index in [1.165, 1.54) is 13.0 Å². The summed E-state index contributed by atoms with van der Waals surface area (Å²) in [6.07, 6.45) is 0. The smallest absolute Gasteiger partial charge is 0.258 e. The molecule has 0 spiro atoms. The Bertz CT molecular complexity index is 744. The Morgan fingerprint density at radius 1 is 1.12 bits per heavy atom. The summed E-state index contributed by atoms with van der Waals surface area (Å²) in [5, 5.41) is 2.58. The molecule has 0 fully saturated rings. The van der Waals surface area contributed by atoms with Gasteiger partial charge in [0.05, 0.1) is 6.04 Å². The van der Waals surface area contributed by atoms with Crippen LogP contribution >= 0.6 is 0 Å². The van der Waals surface area contributed by atoms with Gasteiger partial charge in [-0.2, -0.15) is 0 Å². The number of benzene rings is 2. The summed E-state index contributed by atoms with van der Waals surface area (Å²) in [4.78, 5) is 23.0. The maximum atomic E-state index is 13.7. The summed E-state index contributed by atoms with van der Waals surface area (Å²) >= 11 is 0. The Balaban J connectivity index is 1.89. The second-order valence-corrected chi connectivity index (χ2v) is 5.32. The first kappa shape index (κ1) is 17.6. The van der Waals surface area contributed by atoms with E-state index in [2.05, 4.69) is 5.32 Å². The first-order valence-electron chi connectivity index (χ1n) is 7.35. The van der Waals surface area contributed by atoms with Gasteiger partial charge in [0.25, 0.3) is 5.91 Å². The lowest BCUT2D eigenvalue weighted by Gasteiger charge is -2.15. The Labute approximate surface area is 138 Å². The number of rotatable bonds is 6. The third kappa shape index (κ3) is 4.62. The Hall–Kier alpha value is -2.76. The van der Waals surface area contributed by atoms with Crippen molar-refractivity contribution in [3.8, 4) is 5.75 Å². The molecule has 0 aliphatic heterocycles. The molecule has 2 aromatic rings. The minimum Gasteiger partial charge on any atom is -0.484 e. The van der Waals surface area contributed by atoms with E-state index in [1.54, 1.807) is 31.2 Å². The van der Waals surface area contributed by atoms with Gasteiger partial charge in [0.1, 0.15) is 17.4 Å². The van der Waals surface area contributed by atoms with Crippen molar-refractivity contribution in [3.05, 3.63) is 65.2 Å². The van der Waals surface area contributed by atoms with Crippen LogP contribution in [0, 0.1) is 11.6 Å². The fraction of sp³-hybridized carbons (Fsp3) is 0.222. The molecular formula is C18H17F2NO3. The van der Waals surface area contributed by atoms with Crippen molar-refractivity contribution >= 4 is 11.7 Å². The average molecular weight is 333 g/mol. The van der Waals surface area contributed by atoms with E-state index < -0.39 is 23.6 Å². The van der Waals surface area contributed by atoms with Gasteiger partial charge >= 0.3 is 0 Å². The molecule has 4 nitrogen and oxygen atoms in total. The Kier molecular flexibility index (Phi) is 5.63. The van der Waals surface area contributed by atoms with Gasteiger partial charge in [0, 0.05) is 17.2 Å². The maximum absolute atomic E-state index is 13.7. The molecule has 0 aromatic heterocycles. The number of amides is 1. The van der Waals surface area contributed by atoms with Gasteiger partial charge in [-0.15, -0.1) is 0 Å². The quantitative estimate of drug-likeness (QED) is 0.824. The molecule has 1 N–H and O–H groups in total. The molecule has 0 radical (unpaired) electrons. The van der Waals surface area contributed by atoms with Crippen LogP contribution in [0.25, 0.3) is 0 Å². The van der Waals surface area contributed by atoms with E-state index in [9.17, 15) is 18.4 Å². The molecule has 1 atom stereocenters. The zero-order valence-electron chi connectivity index (χ0n) is 13.3. The fourth-order valence-electron chi connectivity index (χ4n) is 2.15. The monoisotopic (exact) mass is 333 g/mol. The van der Waals surface area contributed by atoms with Gasteiger partial charge in [-0.05, 0) is 44.2 Å². The highest BCUT2D eigenvalue weighted by Crippen LogP contribution is 2.18. The first-order chi connectivity index (χ1) is 11.4. The van der Waals surface area contributed by atoms with Crippen LogP contribution in [0.2, 0.25) is 0 Å². The van der Waals surface area contributed by atoms with Crippen molar-refractivity contribution in [2.75, 3.05) is 6.61 Å². The molecule has 2 rings (SSSR count). The van der Waals surface area contributed by atoms with Gasteiger partial charge in [-0.25, -0.2) is 8.78 Å². The van der Waals surface area contributed by atoms with Crippen molar-refractivity contribution in [2.24, 2.45) is 0 Å². The normalized spacial score (nSPS) is 11.7. The molecule has 0 unspecified atom stereocenters. The number of carbonyl (C=O) groups excluding carboxylic acids is 2. The molecule has 0 saturated heterocycles. The van der Waals surface area contributed by atoms with Crippen LogP contribution in [-0.4, -0.2) is 18.3 Å². The van der Waals surface area contributed by atoms with Crippen molar-refractivity contribution in [1.82, 2.24) is 5.32 Å². The van der Waals surface area contributed by atoms with Gasteiger partial charge in [-0.3, -0.25) is 9.59 Å². The van der Waals surface area contributed by atoms with Crippen molar-refractivity contribution < 1.29 is 23.1 Å². The number of hydrogen-bond donors (Lipinski definition) is 1. The number of halogens is 2. The number of nitrogens with one attached hydrogen (secondary N) is 1. The zero-order chi connectivity index (χ0) is 17.7. The van der Waals surface area contributed by atoms with Crippen LogP contribution in [0.5, 0.6) is 5.75 Å². The molecule has 6 heteroatoms. The van der Waals surface area contributed by atoms with E-state index in [0.29, 0.717) is 11.3 Å². The minimum atomic E-state index is -0.719. The summed E-state index contributed by atoms with van der Waals surface area (Å²) in [7, 11) is 0. The maximum Gasteiger partial charge on any atom is 0.258 e. The summed E-state index contributed by atoms with van der Waals surface area (Å²) in [6, 6.07) is 8.95. The van der Waals surface area contributed by atoms with Crippen molar-refractivity contribution in [2.45, 2.75) is 19.9 Å². The highest BCUT2D eigenvalue weighted by atomic mass is 19.1. The third-order valence-electron chi connectivity index (χ3n) is 3.44. The summed E-state index contributed by atoms with van der Waals surface area (Å²) in [6.45, 7) is 2.79. The van der Waals surface area contributed by atoms with E-state index in [4.69, 9.17) is 4.74 Å². The number of ketones is 1. The highest BCUT2D eigenvalue weighted by Gasteiger charge is 2.14. The summed E-state index contributed by atoms with van der Waals surface area (Å²) < 4.78 is 31.9. The molecule has 0 heterocycles. The number of carbonyl (C=O) groups is 2. The minimum absolute atomic E-state index is 0.0607. The second-order valence-electron chi connectivity index (χ2n) is 5.32. The standard InChI is InChI=1S/C18H17F2NO3/c1-11(16-8-5-14(19)9-17(16)20)21-18(23)10-24-15-6-3-13(4-7-15)12(2)22/h3-9,11H,10H2,1-2H3,(H,21,23)/t11-/m1/s1. The molecular weight excluding hydrogens is 316 g/mol. The zero-order valence-corrected chi connectivity index (χ0v) is 13.3. The van der Waals surface area contributed by atoms with Crippen LogP contribution in [0.4, 0.5) is 8.78 Å². The highest BCUT2D eigenvalue weighted by molar-refractivity contribution is 5.94. The lowest BCUT2D eigenvalue weighted by molar-refractivity contribution is -0.123. The largest absolute Gasteiger partial charge is 0.484 e. The molecule has 24 heavy (non-hydrogen) atoms. The van der Waals surface area contributed by atoms with E-state index >= 15 is 0 Å². The Morgan fingerprint density at radius 3 is 2.38 bits per heavy atom. The molecule has 0 saturated carbocycles. The molecule has 0 aliphatic rings. The van der Waals surface area contributed by atoms with Crippen molar-refractivity contribution in [3.63, 3.8) is 0 Å². The second kappa shape index (κ2) is 7.68. The lowest BCUT2D eigenvalue weighted by Crippen LogP contribution is -2.31. The van der Waals surface area contributed by atoms with Gasteiger partial charge in [0.2, 0.25) is 0 Å². The van der Waals surface area contributed by atoms with Crippen LogP contribution in [0.1, 0.15) is 35.8 Å². The fourth-order valence-corrected chi connectivity index (χ4v) is 2.15. The van der Waals surface area contributed by atoms with E-state index in [0.717, 1.165) is 12.1 Å². The predicted octanol–water partition coefficient (Wildman–Crippen LogP) is 3.42. The van der Waals surface area contributed by atoms with Crippen LogP contribution in [0.15, 0.2) is 42.5 Å². The Morgan fingerprint density at radius 2 is 1.79 bits per heavy atom. The van der Waals surface area contributed by atoms with Crippen LogP contribution in [0.3, 0.4) is 0 Å². The summed E-state index contributed by atoms with van der Waals surface area (Å²) in [5.74, 6) is -1.46. The van der Waals surface area contributed by atoms with E-state index in [1.807, 2.05) is 0 Å². The predicted molar refractivity (Wildman–Crippen MR) is 84.9 cm³/mol. The molecule has 126 valence electrons. The average Bonchev–Trinajstić information content (AvgIpc) is 2.53. The van der Waals surface area contributed by atoms with Crippen LogP contribution in [-0.2, 0) is 4.79 Å². The SMILES string of the molecule is CC(=O)c1ccc(OCC(=O)N[C@H](C)c2ccc(F)cc2F)cc1. The van der Waals surface area contributed by atoms with Crippen LogP contribution < -0.4 is 10.1 Å². The topological polar surface area (TPSA) is 55.4 Å². The van der Waals surface area contributed by atoms with Gasteiger partial charge in [-0.1, -0.05) is 6.07 Å². The number of ether oxygens (including phenoxy) is 1. The molecule has 2 aromatic carbocycles.